The third kappa shape index (κ3) is 1.18. The number of rotatable bonds is 0. The molecule has 60 valence electrons. The molecule has 0 saturated heterocycles. The molecule has 1 aliphatic carbocycles. The SMILES string of the molecule is CC1CC(Cl)=CC2=C1OCC2. The van der Waals surface area contributed by atoms with E-state index >= 15 is 0 Å². The van der Waals surface area contributed by atoms with Crippen molar-refractivity contribution in [3.8, 4) is 0 Å². The van der Waals surface area contributed by atoms with Gasteiger partial charge in [0.1, 0.15) is 5.76 Å². The molecule has 0 saturated carbocycles. The minimum absolute atomic E-state index is 0.491. The molecule has 1 unspecified atom stereocenters. The van der Waals surface area contributed by atoms with E-state index in [4.69, 9.17) is 16.3 Å². The molecule has 0 aromatic carbocycles. The molecule has 2 rings (SSSR count). The van der Waals surface area contributed by atoms with Crippen LogP contribution in [0.1, 0.15) is 19.8 Å². The van der Waals surface area contributed by atoms with Crippen LogP contribution in [0.15, 0.2) is 22.4 Å². The second-order valence-electron chi connectivity index (χ2n) is 3.18. The molecule has 1 heterocycles. The predicted molar refractivity (Wildman–Crippen MR) is 45.3 cm³/mol. The van der Waals surface area contributed by atoms with Crippen molar-refractivity contribution in [1.82, 2.24) is 0 Å². The van der Waals surface area contributed by atoms with Gasteiger partial charge in [-0.25, -0.2) is 0 Å². The molecule has 0 fully saturated rings. The maximum absolute atomic E-state index is 5.95. The van der Waals surface area contributed by atoms with Gasteiger partial charge in [-0.3, -0.25) is 0 Å². The van der Waals surface area contributed by atoms with E-state index in [9.17, 15) is 0 Å². The Kier molecular flexibility index (Phi) is 1.68. The maximum Gasteiger partial charge on any atom is 0.102 e. The number of hydrogen-bond donors (Lipinski definition) is 0. The average molecular weight is 171 g/mol. The molecule has 0 spiro atoms. The van der Waals surface area contributed by atoms with E-state index in [2.05, 4.69) is 13.0 Å². The number of hydrogen-bond acceptors (Lipinski definition) is 1. The lowest BCUT2D eigenvalue weighted by atomic mass is 9.95. The third-order valence-corrected chi connectivity index (χ3v) is 2.49. The van der Waals surface area contributed by atoms with Gasteiger partial charge in [-0.15, -0.1) is 0 Å². The molecule has 0 aromatic rings. The van der Waals surface area contributed by atoms with Crippen molar-refractivity contribution in [1.29, 1.82) is 0 Å². The summed E-state index contributed by atoms with van der Waals surface area (Å²) in [5.74, 6) is 1.67. The second-order valence-corrected chi connectivity index (χ2v) is 3.67. The van der Waals surface area contributed by atoms with Crippen LogP contribution in [0.25, 0.3) is 0 Å². The number of allylic oxidation sites excluding steroid dienone is 3. The van der Waals surface area contributed by atoms with Gasteiger partial charge < -0.3 is 4.74 Å². The fourth-order valence-corrected chi connectivity index (χ4v) is 2.09. The quantitative estimate of drug-likeness (QED) is 0.543. The van der Waals surface area contributed by atoms with Crippen molar-refractivity contribution < 1.29 is 4.74 Å². The molecule has 0 amide bonds. The smallest absolute Gasteiger partial charge is 0.102 e. The first-order chi connectivity index (χ1) is 5.27. The molecular weight excluding hydrogens is 160 g/mol. The van der Waals surface area contributed by atoms with Gasteiger partial charge in [0.2, 0.25) is 0 Å². The first kappa shape index (κ1) is 7.23. The summed E-state index contributed by atoms with van der Waals surface area (Å²) in [5, 5.41) is 0.974. The monoisotopic (exact) mass is 170 g/mol. The lowest BCUT2D eigenvalue weighted by Gasteiger charge is -2.17. The molecule has 0 N–H and O–H groups in total. The van der Waals surface area contributed by atoms with Crippen LogP contribution >= 0.6 is 11.6 Å². The predicted octanol–water partition coefficient (Wildman–Crippen LogP) is 2.82. The molecule has 1 aliphatic heterocycles. The van der Waals surface area contributed by atoms with Gasteiger partial charge in [0.05, 0.1) is 6.61 Å². The summed E-state index contributed by atoms with van der Waals surface area (Å²) in [6, 6.07) is 0. The van der Waals surface area contributed by atoms with E-state index in [0.29, 0.717) is 5.92 Å². The topological polar surface area (TPSA) is 9.23 Å². The van der Waals surface area contributed by atoms with Gasteiger partial charge >= 0.3 is 0 Å². The van der Waals surface area contributed by atoms with Crippen molar-refractivity contribution in [3.05, 3.63) is 22.4 Å². The normalized spacial score (nSPS) is 29.6. The third-order valence-electron chi connectivity index (χ3n) is 2.23. The molecule has 11 heavy (non-hydrogen) atoms. The van der Waals surface area contributed by atoms with Crippen LogP contribution < -0.4 is 0 Å². The zero-order valence-electron chi connectivity index (χ0n) is 6.56. The van der Waals surface area contributed by atoms with Gasteiger partial charge in [-0.1, -0.05) is 18.5 Å². The Morgan fingerprint density at radius 3 is 3.27 bits per heavy atom. The zero-order chi connectivity index (χ0) is 7.84. The Labute approximate surface area is 71.7 Å². The lowest BCUT2D eigenvalue weighted by Crippen LogP contribution is -2.04. The summed E-state index contributed by atoms with van der Waals surface area (Å²) < 4.78 is 5.49. The Morgan fingerprint density at radius 2 is 2.45 bits per heavy atom. The molecule has 1 atom stereocenters. The minimum atomic E-state index is 0.491. The highest BCUT2D eigenvalue weighted by Crippen LogP contribution is 2.36. The van der Waals surface area contributed by atoms with Gasteiger partial charge in [0.15, 0.2) is 0 Å². The van der Waals surface area contributed by atoms with E-state index in [0.717, 1.165) is 24.5 Å². The Balaban J connectivity index is 2.33. The molecule has 0 bridgehead atoms. The van der Waals surface area contributed by atoms with Crippen molar-refractivity contribution in [2.75, 3.05) is 6.61 Å². The summed E-state index contributed by atoms with van der Waals surface area (Å²) in [7, 11) is 0. The molecular formula is C9H11ClO. The van der Waals surface area contributed by atoms with Crippen LogP contribution in [-0.4, -0.2) is 6.61 Å². The minimum Gasteiger partial charge on any atom is -0.497 e. The van der Waals surface area contributed by atoms with Crippen molar-refractivity contribution >= 4 is 11.6 Å². The van der Waals surface area contributed by atoms with Crippen LogP contribution in [0, 0.1) is 5.92 Å². The fraction of sp³-hybridized carbons (Fsp3) is 0.556. The van der Waals surface area contributed by atoms with E-state index in [-0.39, 0.29) is 0 Å². The fourth-order valence-electron chi connectivity index (χ4n) is 1.72. The van der Waals surface area contributed by atoms with E-state index in [1.807, 2.05) is 0 Å². The molecule has 1 nitrogen and oxygen atoms in total. The summed E-state index contributed by atoms with van der Waals surface area (Å²) in [4.78, 5) is 0. The number of ether oxygens (including phenoxy) is 1. The molecule has 2 heteroatoms. The highest BCUT2D eigenvalue weighted by molar-refractivity contribution is 6.29. The van der Waals surface area contributed by atoms with Gasteiger partial charge in [-0.2, -0.15) is 0 Å². The highest BCUT2D eigenvalue weighted by Gasteiger charge is 2.24. The van der Waals surface area contributed by atoms with Gasteiger partial charge in [0, 0.05) is 17.4 Å². The second kappa shape index (κ2) is 2.56. The first-order valence-electron chi connectivity index (χ1n) is 3.99. The largest absolute Gasteiger partial charge is 0.497 e. The first-order valence-corrected chi connectivity index (χ1v) is 4.37. The maximum atomic E-state index is 5.95. The average Bonchev–Trinajstić information content (AvgIpc) is 2.34. The van der Waals surface area contributed by atoms with E-state index in [1.54, 1.807) is 0 Å². The van der Waals surface area contributed by atoms with Crippen LogP contribution in [0.5, 0.6) is 0 Å². The van der Waals surface area contributed by atoms with Crippen LogP contribution in [0.3, 0.4) is 0 Å². The zero-order valence-corrected chi connectivity index (χ0v) is 7.32. The van der Waals surface area contributed by atoms with E-state index < -0.39 is 0 Å². The van der Waals surface area contributed by atoms with Gasteiger partial charge in [0.25, 0.3) is 0 Å². The van der Waals surface area contributed by atoms with Crippen LogP contribution in [-0.2, 0) is 4.74 Å². The standard InChI is InChI=1S/C9H11ClO/c1-6-4-8(10)5-7-2-3-11-9(6)7/h5-6H,2-4H2,1H3. The lowest BCUT2D eigenvalue weighted by molar-refractivity contribution is 0.211. The van der Waals surface area contributed by atoms with Crippen LogP contribution in [0.2, 0.25) is 0 Å². The van der Waals surface area contributed by atoms with Gasteiger partial charge in [-0.05, 0) is 18.1 Å². The summed E-state index contributed by atoms with van der Waals surface area (Å²) in [6.07, 6.45) is 4.04. The van der Waals surface area contributed by atoms with E-state index in [1.165, 1.54) is 11.3 Å². The highest BCUT2D eigenvalue weighted by atomic mass is 35.5. The van der Waals surface area contributed by atoms with Crippen molar-refractivity contribution in [2.45, 2.75) is 19.8 Å². The summed E-state index contributed by atoms with van der Waals surface area (Å²) >= 11 is 5.95. The molecule has 0 aromatic heterocycles. The molecule has 2 aliphatic rings. The Hall–Kier alpha value is -0.430. The Bertz CT molecular complexity index is 240. The number of halogens is 1. The summed E-state index contributed by atoms with van der Waals surface area (Å²) in [5.41, 5.74) is 1.31. The molecule has 0 radical (unpaired) electrons. The van der Waals surface area contributed by atoms with Crippen molar-refractivity contribution in [2.24, 2.45) is 5.92 Å². The summed E-state index contributed by atoms with van der Waals surface area (Å²) in [6.45, 7) is 3.01. The Morgan fingerprint density at radius 1 is 1.64 bits per heavy atom. The van der Waals surface area contributed by atoms with Crippen LogP contribution in [0.4, 0.5) is 0 Å². The van der Waals surface area contributed by atoms with Crippen molar-refractivity contribution in [3.63, 3.8) is 0 Å².